The summed E-state index contributed by atoms with van der Waals surface area (Å²) in [6.45, 7) is 27.5. The number of hydrogen-bond acceptors (Lipinski definition) is 1. The molecule has 4 aliphatic carbocycles. The Kier molecular flexibility index (Phi) is 17.2. The van der Waals surface area contributed by atoms with Crippen molar-refractivity contribution >= 4 is 27.2 Å². The van der Waals surface area contributed by atoms with Crippen LogP contribution in [0.5, 0.6) is 0 Å². The van der Waals surface area contributed by atoms with Gasteiger partial charge in [-0.05, 0) is 173 Å². The highest BCUT2D eigenvalue weighted by Gasteiger charge is 2.51. The van der Waals surface area contributed by atoms with Gasteiger partial charge in [0.2, 0.25) is 0 Å². The fourth-order valence-corrected chi connectivity index (χ4v) is 16.9. The first kappa shape index (κ1) is 57.8. The minimum Gasteiger partial charge on any atom is -0.238 e. The molecule has 0 amide bonds. The normalized spacial score (nSPS) is 15.6. The second kappa shape index (κ2) is 24.3. The summed E-state index contributed by atoms with van der Waals surface area (Å²) < 4.78 is 0. The van der Waals surface area contributed by atoms with E-state index in [1.165, 1.54) is 257 Å². The summed E-state index contributed by atoms with van der Waals surface area (Å²) in [6.07, 6.45) is 35.7. The first-order valence-corrected chi connectivity index (χ1v) is 33.4. The molecule has 2 heteroatoms. The van der Waals surface area contributed by atoms with Crippen LogP contribution in [0.1, 0.15) is 285 Å². The summed E-state index contributed by atoms with van der Waals surface area (Å²) in [7, 11) is 0. The van der Waals surface area contributed by atoms with E-state index in [4.69, 9.17) is 6.57 Å². The number of rotatable bonds is 28. The van der Waals surface area contributed by atoms with Crippen LogP contribution in [0.4, 0.5) is 5.69 Å². The summed E-state index contributed by atoms with van der Waals surface area (Å²) in [5, 5.41) is 15.3. The van der Waals surface area contributed by atoms with Crippen LogP contribution >= 0.6 is 0 Å². The predicted octanol–water partition coefficient (Wildman–Crippen LogP) is 24.6. The van der Waals surface area contributed by atoms with Crippen molar-refractivity contribution in [3.63, 3.8) is 0 Å². The topological polar surface area (TPSA) is 28.1 Å². The molecule has 426 valence electrons. The lowest BCUT2D eigenvalue weighted by atomic mass is 9.68. The Morgan fingerprint density at radius 3 is 1.02 bits per heavy atom. The third-order valence-corrected chi connectivity index (χ3v) is 21.5. The fourth-order valence-electron chi connectivity index (χ4n) is 16.9. The van der Waals surface area contributed by atoms with Crippen molar-refractivity contribution in [3.8, 4) is 50.6 Å². The third kappa shape index (κ3) is 9.87. The molecule has 0 radical (unpaired) electrons. The van der Waals surface area contributed by atoms with Gasteiger partial charge in [-0.15, -0.1) is 0 Å². The van der Waals surface area contributed by atoms with Gasteiger partial charge >= 0.3 is 0 Å². The summed E-state index contributed by atoms with van der Waals surface area (Å²) >= 11 is 0. The summed E-state index contributed by atoms with van der Waals surface area (Å²) in [4.78, 5) is 4.18. The Hall–Kier alpha value is -5.96. The van der Waals surface area contributed by atoms with Gasteiger partial charge in [0.05, 0.1) is 18.2 Å². The highest BCUT2D eigenvalue weighted by molar-refractivity contribution is 6.09. The van der Waals surface area contributed by atoms with Gasteiger partial charge in [0.1, 0.15) is 0 Å². The third-order valence-electron chi connectivity index (χ3n) is 21.5. The van der Waals surface area contributed by atoms with Crippen LogP contribution in [0.2, 0.25) is 0 Å². The van der Waals surface area contributed by atoms with Crippen molar-refractivity contribution < 1.29 is 0 Å². The van der Waals surface area contributed by atoms with Crippen molar-refractivity contribution in [2.75, 3.05) is 0 Å². The van der Waals surface area contributed by atoms with Crippen LogP contribution in [-0.4, -0.2) is 0 Å². The number of hydrogen-bond donors (Lipinski definition) is 0. The standard InChI is InChI=1S/C80H96N2/c1-10-14-18-22-26-34-42-79(43-35-27-23-19-15-11-2)68-50-63-61-48-67-65(76-59-41-33-31-39-57(59)74(82-9)53-73(76)78(67,7)8)52-71(61)80(44-36-28-24-20-16-12-3,45-37-29-25-21-17-13-4)69(63)49-62(68)60-47-66-64(51-70(60)79)75-58-40-32-30-38-56(58)55(54-81)46-72(75)77(66,5)6/h30-33,38-41,46-53H,10-29,34-37,42-45H2,1-8H3. The maximum Gasteiger partial charge on any atom is 0.195 e. The molecule has 0 aromatic heterocycles. The summed E-state index contributed by atoms with van der Waals surface area (Å²) in [5.41, 5.74) is 24.1. The molecule has 4 aliphatic rings. The zero-order chi connectivity index (χ0) is 57.2. The van der Waals surface area contributed by atoms with Gasteiger partial charge in [-0.2, -0.15) is 5.26 Å². The number of fused-ring (bicyclic) bond motifs is 16. The first-order chi connectivity index (χ1) is 39.9. The minimum absolute atomic E-state index is 0.119. The molecular weight excluding hydrogens is 989 g/mol. The number of nitrogens with zero attached hydrogens (tertiary/aromatic N) is 2. The monoisotopic (exact) mass is 1080 g/mol. The molecular formula is C80H96N2. The van der Waals surface area contributed by atoms with Crippen LogP contribution in [0.25, 0.3) is 70.9 Å². The van der Waals surface area contributed by atoms with E-state index < -0.39 is 0 Å². The Morgan fingerprint density at radius 1 is 0.354 bits per heavy atom. The number of benzene rings is 7. The van der Waals surface area contributed by atoms with Gasteiger partial charge in [0.25, 0.3) is 0 Å². The molecule has 0 bridgehead atoms. The first-order valence-electron chi connectivity index (χ1n) is 33.4. The molecule has 0 atom stereocenters. The van der Waals surface area contributed by atoms with Crippen LogP contribution in [0.3, 0.4) is 0 Å². The zero-order valence-corrected chi connectivity index (χ0v) is 51.9. The van der Waals surface area contributed by atoms with Gasteiger partial charge in [0, 0.05) is 27.0 Å². The van der Waals surface area contributed by atoms with E-state index in [9.17, 15) is 5.26 Å². The predicted molar refractivity (Wildman–Crippen MR) is 352 cm³/mol. The van der Waals surface area contributed by atoms with Gasteiger partial charge in [-0.25, -0.2) is 4.85 Å². The maximum absolute atomic E-state index is 10.7. The Balaban J connectivity index is 1.17. The number of nitriles is 1. The van der Waals surface area contributed by atoms with E-state index in [1.807, 2.05) is 0 Å². The van der Waals surface area contributed by atoms with Gasteiger partial charge in [0.15, 0.2) is 5.69 Å². The van der Waals surface area contributed by atoms with E-state index >= 15 is 0 Å². The molecule has 0 unspecified atom stereocenters. The zero-order valence-electron chi connectivity index (χ0n) is 51.9. The van der Waals surface area contributed by atoms with Crippen molar-refractivity contribution in [1.82, 2.24) is 0 Å². The molecule has 0 aliphatic heterocycles. The van der Waals surface area contributed by atoms with Crippen molar-refractivity contribution in [1.29, 1.82) is 5.26 Å². The maximum atomic E-state index is 10.7. The van der Waals surface area contributed by atoms with Gasteiger partial charge < -0.3 is 0 Å². The van der Waals surface area contributed by atoms with Gasteiger partial charge in [-0.1, -0.05) is 264 Å². The molecule has 2 nitrogen and oxygen atoms in total. The molecule has 7 aromatic rings. The SMILES string of the molecule is [C-]#[N+]c1cc2c(c3ccccc13)-c1cc3c(cc1C2(C)C)-c1cc2c(cc1C3(CCCCCCCC)CCCCCCCC)-c1cc3c(cc1C2(CCCCCCCC)CCCCCCCC)-c1c(cc(C#N)c2ccccc12)C3(C)C. The van der Waals surface area contributed by atoms with E-state index in [0.717, 1.165) is 22.0 Å². The highest BCUT2D eigenvalue weighted by atomic mass is 14.7. The van der Waals surface area contributed by atoms with Crippen LogP contribution in [0.15, 0.2) is 97.1 Å². The molecule has 0 heterocycles. The molecule has 0 N–H and O–H groups in total. The van der Waals surface area contributed by atoms with Crippen molar-refractivity contribution in [2.45, 2.75) is 257 Å². The molecule has 7 aromatic carbocycles. The second-order valence-electron chi connectivity index (χ2n) is 27.3. The largest absolute Gasteiger partial charge is 0.238 e. The van der Waals surface area contributed by atoms with E-state index in [-0.39, 0.29) is 21.7 Å². The lowest BCUT2D eigenvalue weighted by molar-refractivity contribution is 0.394. The van der Waals surface area contributed by atoms with E-state index in [1.54, 1.807) is 22.3 Å². The van der Waals surface area contributed by atoms with Crippen LogP contribution < -0.4 is 0 Å². The number of unbranched alkanes of at least 4 members (excludes halogenated alkanes) is 20. The molecule has 0 saturated heterocycles. The average Bonchev–Trinajstić information content (AvgIpc) is 2.15. The van der Waals surface area contributed by atoms with Crippen LogP contribution in [0, 0.1) is 17.9 Å². The van der Waals surface area contributed by atoms with Crippen LogP contribution in [-0.2, 0) is 21.7 Å². The lowest BCUT2D eigenvalue weighted by Crippen LogP contribution is -2.27. The Labute approximate surface area is 495 Å². The summed E-state index contributed by atoms with van der Waals surface area (Å²) in [6, 6.07) is 41.3. The quantitative estimate of drug-likeness (QED) is 0.0355. The lowest BCUT2D eigenvalue weighted by Gasteiger charge is -2.35. The molecule has 82 heavy (non-hydrogen) atoms. The average molecular weight is 1090 g/mol. The second-order valence-corrected chi connectivity index (χ2v) is 27.3. The molecule has 11 rings (SSSR count). The van der Waals surface area contributed by atoms with E-state index in [0.29, 0.717) is 0 Å². The fraction of sp³-hybridized carbons (Fsp3) is 0.500. The van der Waals surface area contributed by atoms with Crippen molar-refractivity contribution in [3.05, 3.63) is 159 Å². The molecule has 0 spiro atoms. The van der Waals surface area contributed by atoms with E-state index in [2.05, 4.69) is 163 Å². The smallest absolute Gasteiger partial charge is 0.195 e. The minimum atomic E-state index is -0.269. The summed E-state index contributed by atoms with van der Waals surface area (Å²) in [5.74, 6) is 0. The Morgan fingerprint density at radius 2 is 0.659 bits per heavy atom. The van der Waals surface area contributed by atoms with Gasteiger partial charge in [-0.3, -0.25) is 0 Å². The van der Waals surface area contributed by atoms with Crippen molar-refractivity contribution in [2.24, 2.45) is 0 Å². The Bertz CT molecular complexity index is 3310. The molecule has 0 fully saturated rings. The highest BCUT2D eigenvalue weighted by Crippen LogP contribution is 2.65. The molecule has 0 saturated carbocycles.